The molecular formula is C28H40N8O6. The van der Waals surface area contributed by atoms with Gasteiger partial charge in [-0.15, -0.1) is 0 Å². The van der Waals surface area contributed by atoms with Crippen LogP contribution in [0.3, 0.4) is 0 Å². The van der Waals surface area contributed by atoms with Gasteiger partial charge < -0.3 is 52.7 Å². The first-order chi connectivity index (χ1) is 20.4. The van der Waals surface area contributed by atoms with Gasteiger partial charge in [-0.1, -0.05) is 12.1 Å². The summed E-state index contributed by atoms with van der Waals surface area (Å²) < 4.78 is 0. The summed E-state index contributed by atoms with van der Waals surface area (Å²) in [7, 11) is 0. The van der Waals surface area contributed by atoms with E-state index >= 15 is 0 Å². The summed E-state index contributed by atoms with van der Waals surface area (Å²) in [5, 5.41) is 44.6. The molecule has 14 nitrogen and oxygen atoms in total. The van der Waals surface area contributed by atoms with Gasteiger partial charge in [0.15, 0.2) is 0 Å². The molecule has 0 fully saturated rings. The van der Waals surface area contributed by atoms with E-state index in [1.807, 2.05) is 0 Å². The lowest BCUT2D eigenvalue weighted by atomic mass is 10.1. The van der Waals surface area contributed by atoms with Gasteiger partial charge in [-0.2, -0.15) is 0 Å². The van der Waals surface area contributed by atoms with Crippen molar-refractivity contribution in [1.29, 1.82) is 0 Å². The van der Waals surface area contributed by atoms with Crippen molar-refractivity contribution in [2.75, 3.05) is 78.5 Å². The molecule has 4 amide bonds. The average molecular weight is 585 g/mol. The first kappa shape index (κ1) is 32.3. The number of carbonyl (C=O) groups is 4. The second-order valence-corrected chi connectivity index (χ2v) is 9.43. The maximum atomic E-state index is 12.5. The molecule has 0 spiro atoms. The second-order valence-electron chi connectivity index (χ2n) is 9.43. The third-order valence-electron chi connectivity index (χ3n) is 6.36. The molecule has 3 rings (SSSR count). The van der Waals surface area contributed by atoms with E-state index in [1.54, 1.807) is 12.1 Å². The third-order valence-corrected chi connectivity index (χ3v) is 6.36. The lowest BCUT2D eigenvalue weighted by Gasteiger charge is -2.13. The van der Waals surface area contributed by atoms with E-state index in [0.717, 1.165) is 0 Å². The molecule has 0 radical (unpaired) electrons. The number of fused-ring (bicyclic) bond motifs is 4. The van der Waals surface area contributed by atoms with E-state index in [4.69, 9.17) is 0 Å². The molecule has 0 saturated heterocycles. The molecule has 2 aromatic carbocycles. The topological polar surface area (TPSA) is 205 Å². The molecule has 0 aromatic heterocycles. The van der Waals surface area contributed by atoms with E-state index < -0.39 is 23.6 Å². The molecule has 2 aromatic rings. The Morgan fingerprint density at radius 3 is 0.833 bits per heavy atom. The minimum Gasteiger partial charge on any atom is -0.506 e. The number of aromatic hydroxyl groups is 2. The molecule has 1 heterocycles. The van der Waals surface area contributed by atoms with Crippen LogP contribution in [0.1, 0.15) is 41.4 Å². The number of amides is 4. The highest BCUT2D eigenvalue weighted by molar-refractivity contribution is 6.04. The number of phenolic OH excluding ortho intramolecular Hbond substituents is 2. The summed E-state index contributed by atoms with van der Waals surface area (Å²) in [6, 6.07) is 8.92. The molecule has 42 heavy (non-hydrogen) atoms. The van der Waals surface area contributed by atoms with Gasteiger partial charge in [0.25, 0.3) is 23.6 Å². The van der Waals surface area contributed by atoms with Crippen LogP contribution in [0.4, 0.5) is 0 Å². The minimum absolute atomic E-state index is 0.0199. The van der Waals surface area contributed by atoms with E-state index in [9.17, 15) is 29.4 Å². The maximum Gasteiger partial charge on any atom is 0.255 e. The number of hydrogen-bond acceptors (Lipinski definition) is 10. The van der Waals surface area contributed by atoms with Crippen LogP contribution in [0.25, 0.3) is 0 Å². The zero-order valence-corrected chi connectivity index (χ0v) is 23.5. The minimum atomic E-state index is -0.484. The molecule has 4 bridgehead atoms. The van der Waals surface area contributed by atoms with Crippen LogP contribution in [-0.2, 0) is 0 Å². The Morgan fingerprint density at radius 1 is 0.381 bits per heavy atom. The number of para-hydroxylation sites is 2. The van der Waals surface area contributed by atoms with Crippen molar-refractivity contribution in [2.24, 2.45) is 0 Å². The predicted octanol–water partition coefficient (Wildman–Crippen LogP) is -1.91. The van der Waals surface area contributed by atoms with Gasteiger partial charge in [0, 0.05) is 78.5 Å². The molecule has 14 heteroatoms. The Balaban J connectivity index is 1.54. The molecule has 0 aliphatic carbocycles. The number of benzene rings is 2. The Bertz CT molecular complexity index is 1050. The first-order valence-electron chi connectivity index (χ1n) is 14.0. The molecule has 0 saturated carbocycles. The molecular weight excluding hydrogens is 544 g/mol. The lowest BCUT2D eigenvalue weighted by molar-refractivity contribution is 0.0931. The van der Waals surface area contributed by atoms with Crippen LogP contribution < -0.4 is 42.5 Å². The Labute approximate surface area is 244 Å². The normalized spacial score (nSPS) is 18.1. The van der Waals surface area contributed by atoms with Crippen molar-refractivity contribution >= 4 is 23.6 Å². The fourth-order valence-electron chi connectivity index (χ4n) is 4.11. The van der Waals surface area contributed by atoms with E-state index in [0.29, 0.717) is 78.5 Å². The number of hydrogen-bond donors (Lipinski definition) is 10. The highest BCUT2D eigenvalue weighted by Crippen LogP contribution is 2.23. The van der Waals surface area contributed by atoms with Gasteiger partial charge in [0.05, 0.1) is 22.3 Å². The molecule has 10 N–H and O–H groups in total. The second kappa shape index (κ2) is 17.5. The number of nitrogens with one attached hydrogen (secondary N) is 8. The molecule has 0 unspecified atom stereocenters. The van der Waals surface area contributed by atoms with Gasteiger partial charge >= 0.3 is 0 Å². The fraction of sp³-hybridized carbons (Fsp3) is 0.429. The first-order valence-corrected chi connectivity index (χ1v) is 14.0. The zero-order valence-electron chi connectivity index (χ0n) is 23.5. The maximum absolute atomic E-state index is 12.5. The summed E-state index contributed by atoms with van der Waals surface area (Å²) in [5.41, 5.74) is 0.0795. The standard InChI is InChI=1S/C28H40N8O6/c37-23-19-3-1-4-20(23)26(40)34-16-12-30-8-10-32-14-18-36-28(42)22-6-2-5-21(24(22)38)27(41)35-17-13-31-9-7-29-11-15-33-25(19)39/h1-6,29-32,37-38H,7-18H2,(H,33,39)(H,34,40)(H,35,41)(H,36,42). The predicted molar refractivity (Wildman–Crippen MR) is 157 cm³/mol. The summed E-state index contributed by atoms with van der Waals surface area (Å²) in [6.45, 7) is 5.59. The number of phenols is 2. The van der Waals surface area contributed by atoms with Crippen LogP contribution in [0.2, 0.25) is 0 Å². The number of carbonyl (C=O) groups excluding carboxylic acids is 4. The zero-order chi connectivity index (χ0) is 30.2. The SMILES string of the molecule is O=C1NCCNCCNCCNC(=O)c2cccc(c2O)C(=O)NCCNCCNCCNC(=O)c2cccc1c2O. The van der Waals surface area contributed by atoms with Crippen molar-refractivity contribution in [1.82, 2.24) is 42.5 Å². The Morgan fingerprint density at radius 2 is 0.595 bits per heavy atom. The number of rotatable bonds is 0. The molecule has 1 aliphatic rings. The van der Waals surface area contributed by atoms with Crippen LogP contribution in [-0.4, -0.2) is 112 Å². The third kappa shape index (κ3) is 9.99. The monoisotopic (exact) mass is 584 g/mol. The van der Waals surface area contributed by atoms with Gasteiger partial charge in [0.2, 0.25) is 0 Å². The van der Waals surface area contributed by atoms with Crippen LogP contribution in [0.5, 0.6) is 11.5 Å². The van der Waals surface area contributed by atoms with Crippen molar-refractivity contribution in [3.05, 3.63) is 58.7 Å². The van der Waals surface area contributed by atoms with Crippen molar-refractivity contribution in [3.63, 3.8) is 0 Å². The van der Waals surface area contributed by atoms with Gasteiger partial charge in [-0.05, 0) is 24.3 Å². The fourth-order valence-corrected chi connectivity index (χ4v) is 4.11. The van der Waals surface area contributed by atoms with E-state index in [-0.39, 0.29) is 33.8 Å². The highest BCUT2D eigenvalue weighted by Gasteiger charge is 2.19. The quantitative estimate of drug-likeness (QED) is 0.166. The summed E-state index contributed by atoms with van der Waals surface area (Å²) in [6.07, 6.45) is 0. The largest absolute Gasteiger partial charge is 0.506 e. The van der Waals surface area contributed by atoms with Crippen LogP contribution in [0, 0.1) is 0 Å². The van der Waals surface area contributed by atoms with E-state index in [1.165, 1.54) is 24.3 Å². The van der Waals surface area contributed by atoms with Crippen molar-refractivity contribution < 1.29 is 29.4 Å². The Kier molecular flexibility index (Phi) is 13.5. The van der Waals surface area contributed by atoms with E-state index in [2.05, 4.69) is 42.5 Å². The summed E-state index contributed by atoms with van der Waals surface area (Å²) >= 11 is 0. The molecule has 1 aliphatic heterocycles. The summed E-state index contributed by atoms with van der Waals surface area (Å²) in [5.74, 6) is -2.68. The lowest BCUT2D eigenvalue weighted by Crippen LogP contribution is -2.38. The van der Waals surface area contributed by atoms with Crippen molar-refractivity contribution in [3.8, 4) is 11.5 Å². The average Bonchev–Trinajstić information content (AvgIpc) is 2.98. The smallest absolute Gasteiger partial charge is 0.255 e. The Hall–Kier alpha value is -4.24. The van der Waals surface area contributed by atoms with Gasteiger partial charge in [0.1, 0.15) is 11.5 Å². The van der Waals surface area contributed by atoms with Gasteiger partial charge in [-0.25, -0.2) is 0 Å². The summed E-state index contributed by atoms with van der Waals surface area (Å²) in [4.78, 5) is 50.2. The van der Waals surface area contributed by atoms with Crippen LogP contribution >= 0.6 is 0 Å². The van der Waals surface area contributed by atoms with Crippen molar-refractivity contribution in [2.45, 2.75) is 0 Å². The highest BCUT2D eigenvalue weighted by atomic mass is 16.3. The molecule has 228 valence electrons. The molecule has 0 atom stereocenters. The van der Waals surface area contributed by atoms with Gasteiger partial charge in [-0.3, -0.25) is 19.2 Å². The van der Waals surface area contributed by atoms with Crippen LogP contribution in [0.15, 0.2) is 36.4 Å².